The third kappa shape index (κ3) is 3.82. The lowest BCUT2D eigenvalue weighted by molar-refractivity contribution is -0.147. The monoisotopic (exact) mass is 214 g/mol. The van der Waals surface area contributed by atoms with Crippen LogP contribution in [0.3, 0.4) is 0 Å². The molecule has 1 aliphatic rings. The molecule has 0 bridgehead atoms. The third-order valence-corrected chi connectivity index (χ3v) is 3.38. The first-order valence-corrected chi connectivity index (χ1v) is 5.84. The average molecular weight is 214 g/mol. The highest BCUT2D eigenvalue weighted by atomic mass is 16.5. The molecule has 3 atom stereocenters. The van der Waals surface area contributed by atoms with Gasteiger partial charge in [-0.3, -0.25) is 0 Å². The minimum atomic E-state index is -0.865. The Balaban J connectivity index is 2.50. The molecule has 15 heavy (non-hydrogen) atoms. The van der Waals surface area contributed by atoms with Crippen molar-refractivity contribution in [3.63, 3.8) is 0 Å². The second kappa shape index (κ2) is 5.50. The fourth-order valence-corrected chi connectivity index (χ4v) is 2.48. The van der Waals surface area contributed by atoms with E-state index in [9.17, 15) is 4.79 Å². The summed E-state index contributed by atoms with van der Waals surface area (Å²) < 4.78 is 5.49. The van der Waals surface area contributed by atoms with Gasteiger partial charge in [-0.2, -0.15) is 0 Å². The summed E-state index contributed by atoms with van der Waals surface area (Å²) in [7, 11) is 0. The van der Waals surface area contributed by atoms with Gasteiger partial charge in [-0.15, -0.1) is 0 Å². The third-order valence-electron chi connectivity index (χ3n) is 3.38. The summed E-state index contributed by atoms with van der Waals surface area (Å²) in [5, 5.41) is 8.61. The number of hydrogen-bond acceptors (Lipinski definition) is 2. The molecule has 88 valence electrons. The van der Waals surface area contributed by atoms with E-state index >= 15 is 0 Å². The standard InChI is InChI=1S/C12H22O3/c1-8(2)10-5-4-9(3)6-11(10)15-7-12(13)14/h8-11H,4-7H2,1-3H3,(H,13,14)/t9-,10-,11-/m0/s1. The molecule has 1 saturated carbocycles. The SMILES string of the molecule is CC(C)[C@@H]1CC[C@H](C)C[C@@H]1OCC(=O)O. The van der Waals surface area contributed by atoms with Crippen molar-refractivity contribution in [2.24, 2.45) is 17.8 Å². The van der Waals surface area contributed by atoms with E-state index in [0.717, 1.165) is 6.42 Å². The summed E-state index contributed by atoms with van der Waals surface area (Å²) in [6.07, 6.45) is 3.57. The first-order chi connectivity index (χ1) is 7.00. The molecule has 1 aliphatic carbocycles. The lowest BCUT2D eigenvalue weighted by Crippen LogP contribution is -2.35. The molecule has 0 unspecified atom stereocenters. The van der Waals surface area contributed by atoms with Crippen LogP contribution < -0.4 is 0 Å². The topological polar surface area (TPSA) is 46.5 Å². The van der Waals surface area contributed by atoms with E-state index in [0.29, 0.717) is 17.8 Å². The number of aliphatic carboxylic acids is 1. The van der Waals surface area contributed by atoms with Crippen LogP contribution in [0.25, 0.3) is 0 Å². The number of carboxylic acid groups (broad SMARTS) is 1. The Labute approximate surface area is 91.8 Å². The smallest absolute Gasteiger partial charge is 0.329 e. The summed E-state index contributed by atoms with van der Waals surface area (Å²) in [4.78, 5) is 10.5. The van der Waals surface area contributed by atoms with Gasteiger partial charge in [-0.25, -0.2) is 4.79 Å². The van der Waals surface area contributed by atoms with Crippen LogP contribution in [0.2, 0.25) is 0 Å². The maximum Gasteiger partial charge on any atom is 0.329 e. The van der Waals surface area contributed by atoms with Crippen LogP contribution in [0.5, 0.6) is 0 Å². The van der Waals surface area contributed by atoms with Crippen molar-refractivity contribution in [3.8, 4) is 0 Å². The molecule has 0 spiro atoms. The van der Waals surface area contributed by atoms with Crippen molar-refractivity contribution >= 4 is 5.97 Å². The van der Waals surface area contributed by atoms with Gasteiger partial charge < -0.3 is 9.84 Å². The van der Waals surface area contributed by atoms with Crippen LogP contribution in [0.4, 0.5) is 0 Å². The zero-order valence-corrected chi connectivity index (χ0v) is 9.90. The highest BCUT2D eigenvalue weighted by Crippen LogP contribution is 2.35. The van der Waals surface area contributed by atoms with E-state index in [1.54, 1.807) is 0 Å². The van der Waals surface area contributed by atoms with Gasteiger partial charge in [0.15, 0.2) is 0 Å². The maximum atomic E-state index is 10.5. The molecular formula is C12H22O3. The largest absolute Gasteiger partial charge is 0.480 e. The molecule has 1 N–H and O–H groups in total. The summed E-state index contributed by atoms with van der Waals surface area (Å²) in [5.41, 5.74) is 0. The molecule has 1 fully saturated rings. The highest BCUT2D eigenvalue weighted by molar-refractivity contribution is 5.68. The molecule has 0 aliphatic heterocycles. The molecule has 0 heterocycles. The lowest BCUT2D eigenvalue weighted by Gasteiger charge is -2.36. The van der Waals surface area contributed by atoms with Crippen LogP contribution >= 0.6 is 0 Å². The van der Waals surface area contributed by atoms with Gasteiger partial charge in [-0.1, -0.05) is 27.2 Å². The Morgan fingerprint density at radius 3 is 2.67 bits per heavy atom. The second-order valence-electron chi connectivity index (χ2n) is 5.07. The minimum Gasteiger partial charge on any atom is -0.480 e. The van der Waals surface area contributed by atoms with Gasteiger partial charge in [0.1, 0.15) is 6.61 Å². The normalized spacial score (nSPS) is 31.9. The van der Waals surface area contributed by atoms with Gasteiger partial charge >= 0.3 is 5.97 Å². The van der Waals surface area contributed by atoms with Gasteiger partial charge in [0.05, 0.1) is 6.10 Å². The fraction of sp³-hybridized carbons (Fsp3) is 0.917. The average Bonchev–Trinajstić information content (AvgIpc) is 2.14. The van der Waals surface area contributed by atoms with Crippen molar-refractivity contribution < 1.29 is 14.6 Å². The van der Waals surface area contributed by atoms with E-state index in [2.05, 4.69) is 20.8 Å². The minimum absolute atomic E-state index is 0.143. The van der Waals surface area contributed by atoms with Crippen LogP contribution in [0.1, 0.15) is 40.0 Å². The molecule has 0 amide bonds. The zero-order chi connectivity index (χ0) is 11.4. The predicted molar refractivity (Wildman–Crippen MR) is 58.7 cm³/mol. The highest BCUT2D eigenvalue weighted by Gasteiger charge is 2.31. The summed E-state index contributed by atoms with van der Waals surface area (Å²) >= 11 is 0. The Bertz CT molecular complexity index is 213. The Hall–Kier alpha value is -0.570. The molecule has 0 aromatic rings. The Morgan fingerprint density at radius 2 is 2.13 bits per heavy atom. The number of ether oxygens (including phenoxy) is 1. The molecule has 0 aromatic heterocycles. The molecule has 3 nitrogen and oxygen atoms in total. The Kier molecular flexibility index (Phi) is 4.58. The zero-order valence-electron chi connectivity index (χ0n) is 9.90. The Morgan fingerprint density at radius 1 is 1.47 bits per heavy atom. The number of carbonyl (C=O) groups is 1. The van der Waals surface area contributed by atoms with E-state index in [1.165, 1.54) is 12.8 Å². The maximum absolute atomic E-state index is 10.5. The molecule has 1 rings (SSSR count). The van der Waals surface area contributed by atoms with Gasteiger partial charge in [0, 0.05) is 0 Å². The number of carboxylic acids is 1. The molecule has 3 heteroatoms. The van der Waals surface area contributed by atoms with Crippen molar-refractivity contribution in [3.05, 3.63) is 0 Å². The fourth-order valence-electron chi connectivity index (χ4n) is 2.48. The quantitative estimate of drug-likeness (QED) is 0.782. The van der Waals surface area contributed by atoms with Crippen molar-refractivity contribution in [1.82, 2.24) is 0 Å². The molecule has 0 radical (unpaired) electrons. The second-order valence-corrected chi connectivity index (χ2v) is 5.07. The van der Waals surface area contributed by atoms with Crippen LogP contribution in [0.15, 0.2) is 0 Å². The molecular weight excluding hydrogens is 192 g/mol. The summed E-state index contributed by atoms with van der Waals surface area (Å²) in [5.74, 6) is 0.909. The van der Waals surface area contributed by atoms with Crippen molar-refractivity contribution in [1.29, 1.82) is 0 Å². The van der Waals surface area contributed by atoms with E-state index < -0.39 is 5.97 Å². The predicted octanol–water partition coefficient (Wildman–Crippen LogP) is 2.55. The van der Waals surface area contributed by atoms with Crippen molar-refractivity contribution in [2.45, 2.75) is 46.1 Å². The van der Waals surface area contributed by atoms with E-state index in [4.69, 9.17) is 9.84 Å². The lowest BCUT2D eigenvalue weighted by atomic mass is 9.75. The van der Waals surface area contributed by atoms with Crippen LogP contribution in [-0.4, -0.2) is 23.8 Å². The van der Waals surface area contributed by atoms with Crippen molar-refractivity contribution in [2.75, 3.05) is 6.61 Å². The first kappa shape index (κ1) is 12.5. The first-order valence-electron chi connectivity index (χ1n) is 5.84. The van der Waals surface area contributed by atoms with Gasteiger partial charge in [0.25, 0.3) is 0 Å². The summed E-state index contributed by atoms with van der Waals surface area (Å²) in [6, 6.07) is 0. The van der Waals surface area contributed by atoms with E-state index in [1.807, 2.05) is 0 Å². The summed E-state index contributed by atoms with van der Waals surface area (Å²) in [6.45, 7) is 6.45. The van der Waals surface area contributed by atoms with Crippen LogP contribution in [0, 0.1) is 17.8 Å². The van der Waals surface area contributed by atoms with Gasteiger partial charge in [-0.05, 0) is 30.6 Å². The molecule has 0 aromatic carbocycles. The van der Waals surface area contributed by atoms with Crippen LogP contribution in [-0.2, 0) is 9.53 Å². The van der Waals surface area contributed by atoms with E-state index in [-0.39, 0.29) is 12.7 Å². The molecule has 0 saturated heterocycles. The van der Waals surface area contributed by atoms with Gasteiger partial charge in [0.2, 0.25) is 0 Å². The number of rotatable bonds is 4. The number of hydrogen-bond donors (Lipinski definition) is 1.